The van der Waals surface area contributed by atoms with Crippen LogP contribution >= 0.6 is 15.6 Å². The number of benzene rings is 2. The molecule has 0 amide bonds. The zero-order valence-corrected chi connectivity index (χ0v) is 20.3. The second-order valence-electron chi connectivity index (χ2n) is 5.99. The topological polar surface area (TPSA) is 205 Å². The molecule has 4 rings (SSSR count). The van der Waals surface area contributed by atoms with Crippen LogP contribution in [-0.2, 0) is 35.3 Å². The van der Waals surface area contributed by atoms with Crippen LogP contribution in [0.3, 0.4) is 0 Å². The molecular formula is C18H10O12P2Zr. The number of hydrogen-bond acceptors (Lipinski definition) is 12. The molecule has 0 aliphatic heterocycles. The smallest absolute Gasteiger partial charge is 0.780 e. The van der Waals surface area contributed by atoms with E-state index in [1.54, 1.807) is 0 Å². The van der Waals surface area contributed by atoms with E-state index >= 15 is 0 Å². The van der Waals surface area contributed by atoms with Gasteiger partial charge < -0.3 is 46.6 Å². The van der Waals surface area contributed by atoms with Crippen molar-refractivity contribution < 1.29 is 72.8 Å². The van der Waals surface area contributed by atoms with Gasteiger partial charge in [-0.1, -0.05) is 0 Å². The van der Waals surface area contributed by atoms with Crippen molar-refractivity contribution in [3.8, 4) is 11.5 Å². The Kier molecular flexibility index (Phi) is 8.73. The molecule has 2 heterocycles. The first-order valence-corrected chi connectivity index (χ1v) is 11.3. The Labute approximate surface area is 203 Å². The third kappa shape index (κ3) is 8.49. The Balaban J connectivity index is 0.000000227. The predicted molar refractivity (Wildman–Crippen MR) is 101 cm³/mol. The number of phosphoric ester groups is 2. The van der Waals surface area contributed by atoms with Crippen LogP contribution in [-0.4, -0.2) is 0 Å². The van der Waals surface area contributed by atoms with E-state index in [9.17, 15) is 38.3 Å². The van der Waals surface area contributed by atoms with Gasteiger partial charge in [-0.3, -0.25) is 0 Å². The van der Waals surface area contributed by atoms with Gasteiger partial charge in [0.25, 0.3) is 0 Å². The van der Waals surface area contributed by atoms with Crippen molar-refractivity contribution in [2.24, 2.45) is 0 Å². The van der Waals surface area contributed by atoms with Gasteiger partial charge in [0.1, 0.15) is 38.3 Å². The largest absolute Gasteiger partial charge is 4.00 e. The van der Waals surface area contributed by atoms with E-state index in [0.717, 1.165) is 0 Å². The molecule has 0 unspecified atom stereocenters. The summed E-state index contributed by atoms with van der Waals surface area (Å²) in [6.07, 6.45) is 0. The molecule has 4 aromatic rings. The number of fused-ring (bicyclic) bond motifs is 2. The van der Waals surface area contributed by atoms with Crippen molar-refractivity contribution in [2.45, 2.75) is 0 Å². The fourth-order valence-electron chi connectivity index (χ4n) is 2.45. The fraction of sp³-hybridized carbons (Fsp3) is 0. The summed E-state index contributed by atoms with van der Waals surface area (Å²) in [6.45, 7) is 0. The maximum absolute atomic E-state index is 10.9. The summed E-state index contributed by atoms with van der Waals surface area (Å²) in [6, 6.07) is 13.4. The van der Waals surface area contributed by atoms with Crippen LogP contribution in [0.2, 0.25) is 0 Å². The molecule has 168 valence electrons. The van der Waals surface area contributed by atoms with Gasteiger partial charge in [0.05, 0.1) is 0 Å². The third-order valence-corrected chi connectivity index (χ3v) is 4.49. The monoisotopic (exact) mass is 570 g/mol. The predicted octanol–water partition coefficient (Wildman–Crippen LogP) is -0.00150. The molecule has 0 aliphatic carbocycles. The van der Waals surface area contributed by atoms with E-state index in [1.165, 1.54) is 60.7 Å². The third-order valence-electron chi connectivity index (χ3n) is 3.62. The van der Waals surface area contributed by atoms with E-state index < -0.39 is 26.9 Å². The minimum absolute atomic E-state index is 0. The molecule has 0 N–H and O–H groups in total. The van der Waals surface area contributed by atoms with E-state index in [1.807, 2.05) is 0 Å². The second-order valence-corrected chi connectivity index (χ2v) is 8.14. The summed E-state index contributed by atoms with van der Waals surface area (Å²) in [4.78, 5) is 63.2. The van der Waals surface area contributed by atoms with Gasteiger partial charge in [0.15, 0.2) is 0 Å². The van der Waals surface area contributed by atoms with Crippen molar-refractivity contribution in [3.63, 3.8) is 0 Å². The minimum Gasteiger partial charge on any atom is -0.780 e. The van der Waals surface area contributed by atoms with Gasteiger partial charge >= 0.3 is 37.5 Å². The van der Waals surface area contributed by atoms with Crippen LogP contribution in [0.15, 0.2) is 79.1 Å². The van der Waals surface area contributed by atoms with Crippen molar-refractivity contribution in [1.82, 2.24) is 0 Å². The van der Waals surface area contributed by atoms with Crippen LogP contribution in [0.5, 0.6) is 11.5 Å². The van der Waals surface area contributed by atoms with Gasteiger partial charge in [-0.05, 0) is 36.4 Å². The Morgan fingerprint density at radius 3 is 1.27 bits per heavy atom. The molecule has 33 heavy (non-hydrogen) atoms. The number of phosphoric acid groups is 2. The first-order chi connectivity index (χ1) is 14.9. The molecule has 2 aromatic carbocycles. The maximum Gasteiger partial charge on any atom is 4.00 e. The molecule has 12 nitrogen and oxygen atoms in total. The summed E-state index contributed by atoms with van der Waals surface area (Å²) in [5, 5.41) is 1.19. The van der Waals surface area contributed by atoms with Crippen LogP contribution < -0.4 is 39.9 Å². The quantitative estimate of drug-likeness (QED) is 0.234. The molecule has 0 saturated heterocycles. The Bertz CT molecular complexity index is 1370. The summed E-state index contributed by atoms with van der Waals surface area (Å²) in [5.74, 6) is -0.370. The van der Waals surface area contributed by atoms with Gasteiger partial charge in [0, 0.05) is 35.0 Å². The molecule has 0 saturated carbocycles. The number of rotatable bonds is 4. The standard InChI is InChI=1S/2C9H7O6P.Zr/c2*10-9-4-2-6-1-3-7(5-8(6)14-9)15-16(11,12)13;/h2*1-5H,(H2,11,12,13);/q;;+4/p-4. The Morgan fingerprint density at radius 1 is 0.606 bits per heavy atom. The van der Waals surface area contributed by atoms with E-state index in [0.29, 0.717) is 10.8 Å². The average molecular weight is 571 g/mol. The fourth-order valence-corrected chi connectivity index (χ4v) is 3.20. The summed E-state index contributed by atoms with van der Waals surface area (Å²) in [7, 11) is -10.2. The van der Waals surface area contributed by atoms with E-state index in [-0.39, 0.29) is 48.9 Å². The summed E-state index contributed by atoms with van der Waals surface area (Å²) < 4.78 is 38.6. The van der Waals surface area contributed by atoms with Gasteiger partial charge in [0.2, 0.25) is 0 Å². The SMILES string of the molecule is O=c1ccc2ccc(OP(=O)([O-])[O-])cc2o1.O=c1ccc2ccc(OP(=O)([O-])[O-])cc2o1.[Zr+4]. The van der Waals surface area contributed by atoms with Crippen molar-refractivity contribution >= 4 is 37.6 Å². The average Bonchev–Trinajstić information content (AvgIpc) is 2.65. The molecule has 0 radical (unpaired) electrons. The first kappa shape index (κ1) is 26.9. The Hall–Kier alpha value is -2.36. The van der Waals surface area contributed by atoms with E-state index in [4.69, 9.17) is 8.83 Å². The Morgan fingerprint density at radius 2 is 0.939 bits per heavy atom. The van der Waals surface area contributed by atoms with Crippen LogP contribution in [0.1, 0.15) is 0 Å². The molecule has 15 heteroatoms. The molecular weight excluding hydrogens is 561 g/mol. The van der Waals surface area contributed by atoms with Crippen LogP contribution in [0, 0.1) is 0 Å². The zero-order valence-electron chi connectivity index (χ0n) is 16.1. The normalized spacial score (nSPS) is 11.3. The van der Waals surface area contributed by atoms with Gasteiger partial charge in [-0.25, -0.2) is 9.59 Å². The molecule has 0 spiro atoms. The van der Waals surface area contributed by atoms with Gasteiger partial charge in [-0.15, -0.1) is 0 Å². The summed E-state index contributed by atoms with van der Waals surface area (Å²) in [5.41, 5.74) is -0.842. The van der Waals surface area contributed by atoms with Crippen LogP contribution in [0.25, 0.3) is 21.9 Å². The molecule has 0 atom stereocenters. The second kappa shape index (κ2) is 10.7. The zero-order chi connectivity index (χ0) is 23.5. The number of hydrogen-bond donors (Lipinski definition) is 0. The van der Waals surface area contributed by atoms with Crippen molar-refractivity contribution in [3.05, 3.63) is 81.5 Å². The molecule has 0 aliphatic rings. The molecule has 2 aromatic heterocycles. The van der Waals surface area contributed by atoms with Crippen LogP contribution in [0.4, 0.5) is 0 Å². The molecule has 0 bridgehead atoms. The first-order valence-electron chi connectivity index (χ1n) is 8.39. The van der Waals surface area contributed by atoms with Crippen molar-refractivity contribution in [2.75, 3.05) is 0 Å². The minimum atomic E-state index is -5.10. The summed E-state index contributed by atoms with van der Waals surface area (Å²) >= 11 is 0. The maximum atomic E-state index is 10.9. The van der Waals surface area contributed by atoms with Crippen molar-refractivity contribution in [1.29, 1.82) is 0 Å². The molecule has 0 fully saturated rings. The van der Waals surface area contributed by atoms with Gasteiger partial charge in [-0.2, -0.15) is 0 Å². The van der Waals surface area contributed by atoms with E-state index in [2.05, 4.69) is 9.05 Å².